The molecule has 0 bridgehead atoms. The van der Waals surface area contributed by atoms with Gasteiger partial charge in [0.25, 0.3) is 0 Å². The average molecular weight is 298 g/mol. The molecule has 0 aliphatic heterocycles. The fourth-order valence-electron chi connectivity index (χ4n) is 1.72. The molecule has 21 heavy (non-hydrogen) atoms. The Morgan fingerprint density at radius 2 is 2.10 bits per heavy atom. The number of anilines is 1. The Labute approximate surface area is 121 Å². The third-order valence-corrected chi connectivity index (χ3v) is 2.71. The molecule has 0 aliphatic carbocycles. The van der Waals surface area contributed by atoms with E-state index in [4.69, 9.17) is 14.7 Å². The predicted molar refractivity (Wildman–Crippen MR) is 71.8 cm³/mol. The zero-order valence-corrected chi connectivity index (χ0v) is 11.9. The van der Waals surface area contributed by atoms with Crippen LogP contribution in [0.3, 0.4) is 0 Å². The van der Waals surface area contributed by atoms with Crippen LogP contribution < -0.4 is 4.90 Å². The van der Waals surface area contributed by atoms with Crippen LogP contribution in [0, 0.1) is 23.0 Å². The zero-order valence-electron chi connectivity index (χ0n) is 11.9. The molecule has 0 saturated heterocycles. The van der Waals surface area contributed by atoms with Crippen LogP contribution in [0.2, 0.25) is 0 Å². The SMILES string of the molecule is CCOC(=O)CN(CCOC)c1ccc(C#N)c(F)c1F. The van der Waals surface area contributed by atoms with Crippen molar-refractivity contribution in [1.29, 1.82) is 5.26 Å². The minimum absolute atomic E-state index is 0.114. The summed E-state index contributed by atoms with van der Waals surface area (Å²) in [5.74, 6) is -2.96. The number of ether oxygens (including phenoxy) is 2. The molecule has 0 heterocycles. The van der Waals surface area contributed by atoms with Crippen LogP contribution in [0.25, 0.3) is 0 Å². The first-order valence-electron chi connectivity index (χ1n) is 6.32. The summed E-state index contributed by atoms with van der Waals surface area (Å²) in [6, 6.07) is 3.98. The van der Waals surface area contributed by atoms with E-state index in [0.717, 1.165) is 0 Å². The molecule has 7 heteroatoms. The Morgan fingerprint density at radius 3 is 2.67 bits per heavy atom. The second-order valence-electron chi connectivity index (χ2n) is 4.09. The van der Waals surface area contributed by atoms with E-state index in [0.29, 0.717) is 0 Å². The zero-order chi connectivity index (χ0) is 15.8. The lowest BCUT2D eigenvalue weighted by molar-refractivity contribution is -0.141. The first kappa shape index (κ1) is 16.9. The van der Waals surface area contributed by atoms with Gasteiger partial charge in [0.15, 0.2) is 11.6 Å². The largest absolute Gasteiger partial charge is 0.465 e. The number of halogens is 2. The van der Waals surface area contributed by atoms with Gasteiger partial charge in [0.2, 0.25) is 0 Å². The maximum atomic E-state index is 14.0. The van der Waals surface area contributed by atoms with E-state index in [2.05, 4.69) is 0 Å². The van der Waals surface area contributed by atoms with Crippen molar-refractivity contribution in [2.24, 2.45) is 0 Å². The molecule has 0 aliphatic rings. The van der Waals surface area contributed by atoms with Crippen LogP contribution in [0.15, 0.2) is 12.1 Å². The van der Waals surface area contributed by atoms with Gasteiger partial charge in [0, 0.05) is 13.7 Å². The number of hydrogen-bond acceptors (Lipinski definition) is 5. The first-order chi connectivity index (χ1) is 10.0. The van der Waals surface area contributed by atoms with E-state index >= 15 is 0 Å². The maximum Gasteiger partial charge on any atom is 0.325 e. The highest BCUT2D eigenvalue weighted by Gasteiger charge is 2.20. The average Bonchev–Trinajstić information content (AvgIpc) is 2.47. The summed E-state index contributed by atoms with van der Waals surface area (Å²) < 4.78 is 37.3. The molecule has 0 amide bonds. The number of hydrogen-bond donors (Lipinski definition) is 0. The van der Waals surface area contributed by atoms with Crippen LogP contribution >= 0.6 is 0 Å². The molecule has 0 atom stereocenters. The van der Waals surface area contributed by atoms with Crippen molar-refractivity contribution in [2.75, 3.05) is 38.3 Å². The van der Waals surface area contributed by atoms with E-state index in [1.165, 1.54) is 24.1 Å². The third-order valence-electron chi connectivity index (χ3n) is 2.71. The van der Waals surface area contributed by atoms with Gasteiger partial charge >= 0.3 is 5.97 Å². The quantitative estimate of drug-likeness (QED) is 0.719. The second kappa shape index (κ2) is 8.17. The van der Waals surface area contributed by atoms with Gasteiger partial charge in [-0.1, -0.05) is 0 Å². The number of carbonyl (C=O) groups excluding carboxylic acids is 1. The van der Waals surface area contributed by atoms with Crippen molar-refractivity contribution in [3.63, 3.8) is 0 Å². The molecular formula is C14H16F2N2O3. The van der Waals surface area contributed by atoms with Gasteiger partial charge in [-0.15, -0.1) is 0 Å². The number of nitriles is 1. The number of rotatable bonds is 7. The smallest absolute Gasteiger partial charge is 0.325 e. The van der Waals surface area contributed by atoms with Crippen molar-refractivity contribution >= 4 is 11.7 Å². The Balaban J connectivity index is 3.05. The Morgan fingerprint density at radius 1 is 1.38 bits per heavy atom. The highest BCUT2D eigenvalue weighted by molar-refractivity contribution is 5.76. The number of benzene rings is 1. The van der Waals surface area contributed by atoms with Crippen LogP contribution in [-0.4, -0.2) is 39.4 Å². The Hall–Kier alpha value is -2.20. The molecule has 0 unspecified atom stereocenters. The molecule has 0 aromatic heterocycles. The van der Waals surface area contributed by atoms with E-state index < -0.39 is 17.6 Å². The summed E-state index contributed by atoms with van der Waals surface area (Å²) in [4.78, 5) is 12.8. The van der Waals surface area contributed by atoms with Crippen molar-refractivity contribution in [3.8, 4) is 6.07 Å². The number of nitrogens with zero attached hydrogens (tertiary/aromatic N) is 2. The summed E-state index contributed by atoms with van der Waals surface area (Å²) in [6.07, 6.45) is 0. The van der Waals surface area contributed by atoms with Crippen molar-refractivity contribution in [1.82, 2.24) is 0 Å². The first-order valence-corrected chi connectivity index (χ1v) is 6.32. The monoisotopic (exact) mass is 298 g/mol. The fraction of sp³-hybridized carbons (Fsp3) is 0.429. The van der Waals surface area contributed by atoms with Gasteiger partial charge in [-0.2, -0.15) is 5.26 Å². The van der Waals surface area contributed by atoms with Crippen LogP contribution in [0.1, 0.15) is 12.5 Å². The molecule has 0 radical (unpaired) electrons. The molecule has 0 N–H and O–H groups in total. The van der Waals surface area contributed by atoms with Crippen molar-refractivity contribution in [2.45, 2.75) is 6.92 Å². The lowest BCUT2D eigenvalue weighted by Gasteiger charge is -2.24. The third kappa shape index (κ3) is 4.39. The summed E-state index contributed by atoms with van der Waals surface area (Å²) in [7, 11) is 1.46. The minimum atomic E-state index is -1.23. The lowest BCUT2D eigenvalue weighted by atomic mass is 10.2. The summed E-state index contributed by atoms with van der Waals surface area (Å²) in [6.45, 7) is 2.01. The van der Waals surface area contributed by atoms with Crippen LogP contribution in [0.5, 0.6) is 0 Å². The van der Waals surface area contributed by atoms with Crippen LogP contribution in [0.4, 0.5) is 14.5 Å². The van der Waals surface area contributed by atoms with Gasteiger partial charge in [-0.3, -0.25) is 4.79 Å². The molecule has 0 fully saturated rings. The normalized spacial score (nSPS) is 10.0. The molecule has 5 nitrogen and oxygen atoms in total. The molecule has 114 valence electrons. The maximum absolute atomic E-state index is 14.0. The number of methoxy groups -OCH3 is 1. The molecule has 1 rings (SSSR count). The summed E-state index contributed by atoms with van der Waals surface area (Å²) in [5, 5.41) is 8.66. The molecule has 1 aromatic rings. The Kier molecular flexibility index (Phi) is 6.56. The molecule has 1 aromatic carbocycles. The predicted octanol–water partition coefficient (Wildman–Crippen LogP) is 1.85. The van der Waals surface area contributed by atoms with Gasteiger partial charge in [0.1, 0.15) is 12.6 Å². The lowest BCUT2D eigenvalue weighted by Crippen LogP contribution is -2.34. The van der Waals surface area contributed by atoms with E-state index in [-0.39, 0.29) is 37.6 Å². The van der Waals surface area contributed by atoms with E-state index in [1.54, 1.807) is 13.0 Å². The van der Waals surface area contributed by atoms with E-state index in [1.807, 2.05) is 0 Å². The number of carbonyl (C=O) groups is 1. The van der Waals surface area contributed by atoms with Gasteiger partial charge in [-0.05, 0) is 19.1 Å². The minimum Gasteiger partial charge on any atom is -0.465 e. The van der Waals surface area contributed by atoms with Gasteiger partial charge < -0.3 is 14.4 Å². The van der Waals surface area contributed by atoms with E-state index in [9.17, 15) is 13.6 Å². The van der Waals surface area contributed by atoms with Crippen LogP contribution in [-0.2, 0) is 14.3 Å². The molecule has 0 spiro atoms. The second-order valence-corrected chi connectivity index (χ2v) is 4.09. The topological polar surface area (TPSA) is 62.6 Å². The summed E-state index contributed by atoms with van der Waals surface area (Å²) >= 11 is 0. The van der Waals surface area contributed by atoms with Gasteiger partial charge in [-0.25, -0.2) is 8.78 Å². The van der Waals surface area contributed by atoms with Crippen molar-refractivity contribution in [3.05, 3.63) is 29.3 Å². The highest BCUT2D eigenvalue weighted by Crippen LogP contribution is 2.24. The fourth-order valence-corrected chi connectivity index (χ4v) is 1.72. The van der Waals surface area contributed by atoms with Crippen molar-refractivity contribution < 1.29 is 23.0 Å². The molecular weight excluding hydrogens is 282 g/mol. The Bertz CT molecular complexity index is 544. The summed E-state index contributed by atoms with van der Waals surface area (Å²) in [5.41, 5.74) is -0.504. The van der Waals surface area contributed by atoms with Gasteiger partial charge in [0.05, 0.1) is 24.5 Å². The molecule has 0 saturated carbocycles. The number of esters is 1. The standard InChI is InChI=1S/C14H16F2N2O3/c1-3-21-12(19)9-18(6-7-20-2)11-5-4-10(8-17)13(15)14(11)16/h4-5H,3,6-7,9H2,1-2H3. The highest BCUT2D eigenvalue weighted by atomic mass is 19.2.